The highest BCUT2D eigenvalue weighted by Crippen LogP contribution is 2.33. The van der Waals surface area contributed by atoms with E-state index in [1.54, 1.807) is 18.2 Å². The highest BCUT2D eigenvalue weighted by atomic mass is 35.5. The molecule has 0 bridgehead atoms. The number of ether oxygens (including phenoxy) is 2. The Bertz CT molecular complexity index is 1290. The van der Waals surface area contributed by atoms with Crippen molar-refractivity contribution in [1.82, 2.24) is 15.2 Å². The summed E-state index contributed by atoms with van der Waals surface area (Å²) in [4.78, 5) is 22.3. The van der Waals surface area contributed by atoms with E-state index < -0.39 is 6.36 Å². The van der Waals surface area contributed by atoms with Gasteiger partial charge in [-0.05, 0) is 48.2 Å². The van der Waals surface area contributed by atoms with Crippen LogP contribution in [-0.2, 0) is 11.3 Å². The zero-order valence-corrected chi connectivity index (χ0v) is 22.5. The predicted octanol–water partition coefficient (Wildman–Crippen LogP) is 5.53. The number of pyridine rings is 1. The van der Waals surface area contributed by atoms with Crippen LogP contribution < -0.4 is 15.0 Å². The number of carbonyl (C=O) groups is 1. The number of carbonyl (C=O) groups excluding carboxylic acids is 1. The second-order valence-corrected chi connectivity index (χ2v) is 10.3. The summed E-state index contributed by atoms with van der Waals surface area (Å²) >= 11 is 6.58. The summed E-state index contributed by atoms with van der Waals surface area (Å²) in [6.07, 6.45) is -1.21. The minimum absolute atomic E-state index is 0.0177. The van der Waals surface area contributed by atoms with Crippen LogP contribution in [0.25, 0.3) is 11.1 Å². The molecule has 5 rings (SSSR count). The van der Waals surface area contributed by atoms with Gasteiger partial charge in [-0.25, -0.2) is 4.98 Å². The molecule has 3 heterocycles. The molecular weight excluding hydrogens is 545 g/mol. The molecule has 1 amide bonds. The molecule has 7 nitrogen and oxygen atoms in total. The molecule has 0 spiro atoms. The van der Waals surface area contributed by atoms with E-state index in [9.17, 15) is 18.0 Å². The van der Waals surface area contributed by atoms with Crippen molar-refractivity contribution >= 4 is 23.3 Å². The molecule has 2 saturated heterocycles. The Hall–Kier alpha value is -3.34. The van der Waals surface area contributed by atoms with Gasteiger partial charge in [0.15, 0.2) is 0 Å². The van der Waals surface area contributed by atoms with Gasteiger partial charge in [-0.2, -0.15) is 0 Å². The van der Waals surface area contributed by atoms with Gasteiger partial charge in [0.1, 0.15) is 11.6 Å². The molecular formula is C29H30ClF3N4O3. The van der Waals surface area contributed by atoms with Crippen LogP contribution in [0.15, 0.2) is 60.8 Å². The number of benzene rings is 2. The Morgan fingerprint density at radius 2 is 1.75 bits per heavy atom. The summed E-state index contributed by atoms with van der Waals surface area (Å²) in [5.74, 6) is 0.378. The number of halogens is 4. The molecule has 2 aromatic carbocycles. The van der Waals surface area contributed by atoms with Crippen molar-refractivity contribution in [3.05, 3.63) is 76.9 Å². The lowest BCUT2D eigenvalue weighted by atomic mass is 10.0. The van der Waals surface area contributed by atoms with Crippen LogP contribution in [-0.4, -0.2) is 67.6 Å². The molecule has 0 atom stereocenters. The third-order valence-corrected chi connectivity index (χ3v) is 7.52. The number of alkyl halides is 3. The summed E-state index contributed by atoms with van der Waals surface area (Å²) in [6.45, 7) is 5.66. The molecule has 1 aromatic heterocycles. The number of anilines is 1. The highest BCUT2D eigenvalue weighted by Gasteiger charge is 2.31. The smallest absolute Gasteiger partial charge is 0.406 e. The number of likely N-dealkylation sites (tertiary alicyclic amines) is 1. The van der Waals surface area contributed by atoms with E-state index in [1.807, 2.05) is 6.20 Å². The third kappa shape index (κ3) is 7.24. The van der Waals surface area contributed by atoms with Crippen molar-refractivity contribution < 1.29 is 27.4 Å². The number of hydrogen-bond acceptors (Lipinski definition) is 6. The molecule has 11 heteroatoms. The van der Waals surface area contributed by atoms with Crippen LogP contribution in [0.4, 0.5) is 19.0 Å². The first-order valence-corrected chi connectivity index (χ1v) is 13.6. The first kappa shape index (κ1) is 28.2. The number of aromatic nitrogens is 1. The minimum Gasteiger partial charge on any atom is -0.406 e. The van der Waals surface area contributed by atoms with Crippen LogP contribution in [0.1, 0.15) is 28.8 Å². The zero-order valence-electron chi connectivity index (χ0n) is 21.8. The largest absolute Gasteiger partial charge is 0.573 e. The average Bonchev–Trinajstić information content (AvgIpc) is 2.95. The Morgan fingerprint density at radius 1 is 1.02 bits per heavy atom. The molecule has 2 fully saturated rings. The van der Waals surface area contributed by atoms with Crippen LogP contribution >= 0.6 is 11.6 Å². The fourth-order valence-corrected chi connectivity index (χ4v) is 5.33. The van der Waals surface area contributed by atoms with Crippen molar-refractivity contribution in [2.75, 3.05) is 44.3 Å². The summed E-state index contributed by atoms with van der Waals surface area (Å²) in [7, 11) is 0. The van der Waals surface area contributed by atoms with E-state index in [4.69, 9.17) is 16.3 Å². The molecule has 212 valence electrons. The minimum atomic E-state index is -4.76. The number of amides is 1. The Labute approximate surface area is 235 Å². The van der Waals surface area contributed by atoms with Crippen LogP contribution in [0.3, 0.4) is 0 Å². The van der Waals surface area contributed by atoms with E-state index >= 15 is 0 Å². The fraction of sp³-hybridized carbons (Fsp3) is 0.379. The van der Waals surface area contributed by atoms with E-state index in [1.165, 1.54) is 24.3 Å². The van der Waals surface area contributed by atoms with Gasteiger partial charge in [-0.1, -0.05) is 41.9 Å². The standard InChI is InChI=1S/C29H30ClF3N4O3/c30-27-24(21-5-7-23(8-6-21)40-29(31,32)33)2-1-3-25(27)28(38)35-22-10-12-36(13-11-22)19-20-4-9-26(34-18-20)37-14-16-39-17-15-37/h1-9,18,22H,10-17,19H2,(H,35,38). The Morgan fingerprint density at radius 3 is 2.40 bits per heavy atom. The zero-order chi connectivity index (χ0) is 28.1. The van der Waals surface area contributed by atoms with Crippen molar-refractivity contribution in [2.24, 2.45) is 0 Å². The summed E-state index contributed by atoms with van der Waals surface area (Å²) in [5.41, 5.74) is 2.61. The number of rotatable bonds is 7. The highest BCUT2D eigenvalue weighted by molar-refractivity contribution is 6.36. The van der Waals surface area contributed by atoms with Gasteiger partial charge in [0.2, 0.25) is 0 Å². The third-order valence-electron chi connectivity index (χ3n) is 7.12. The van der Waals surface area contributed by atoms with Gasteiger partial charge in [0.25, 0.3) is 5.91 Å². The number of hydrogen-bond donors (Lipinski definition) is 1. The molecule has 2 aliphatic heterocycles. The molecule has 0 radical (unpaired) electrons. The first-order valence-electron chi connectivity index (χ1n) is 13.2. The lowest BCUT2D eigenvalue weighted by Crippen LogP contribution is -2.44. The van der Waals surface area contributed by atoms with Gasteiger partial charge < -0.3 is 19.7 Å². The van der Waals surface area contributed by atoms with E-state index in [-0.39, 0.29) is 22.7 Å². The van der Waals surface area contributed by atoms with Crippen molar-refractivity contribution in [3.63, 3.8) is 0 Å². The fourth-order valence-electron chi connectivity index (χ4n) is 5.01. The number of piperidine rings is 1. The lowest BCUT2D eigenvalue weighted by Gasteiger charge is -2.32. The molecule has 0 unspecified atom stereocenters. The number of nitrogens with zero attached hydrogens (tertiary/aromatic N) is 3. The number of morpholine rings is 1. The van der Waals surface area contributed by atoms with Crippen molar-refractivity contribution in [1.29, 1.82) is 0 Å². The first-order chi connectivity index (χ1) is 19.2. The van der Waals surface area contributed by atoms with Gasteiger partial charge >= 0.3 is 6.36 Å². The topological polar surface area (TPSA) is 66.9 Å². The maximum absolute atomic E-state index is 13.1. The predicted molar refractivity (Wildman–Crippen MR) is 147 cm³/mol. The molecule has 1 N–H and O–H groups in total. The lowest BCUT2D eigenvalue weighted by molar-refractivity contribution is -0.274. The van der Waals surface area contributed by atoms with Crippen LogP contribution in [0.5, 0.6) is 5.75 Å². The van der Waals surface area contributed by atoms with E-state index in [0.29, 0.717) is 16.7 Å². The second kappa shape index (κ2) is 12.4. The molecule has 0 saturated carbocycles. The average molecular weight is 575 g/mol. The Balaban J connectivity index is 1.14. The quantitative estimate of drug-likeness (QED) is 0.400. The summed E-state index contributed by atoms with van der Waals surface area (Å²) < 4.78 is 46.7. The normalized spacial score (nSPS) is 17.1. The molecule has 0 aliphatic carbocycles. The van der Waals surface area contributed by atoms with E-state index in [2.05, 4.69) is 37.0 Å². The summed E-state index contributed by atoms with van der Waals surface area (Å²) in [6, 6.07) is 14.7. The van der Waals surface area contributed by atoms with Crippen LogP contribution in [0, 0.1) is 0 Å². The summed E-state index contributed by atoms with van der Waals surface area (Å²) in [5, 5.41) is 3.34. The maximum atomic E-state index is 13.1. The number of nitrogens with one attached hydrogen (secondary N) is 1. The monoisotopic (exact) mass is 574 g/mol. The Kier molecular flexibility index (Phi) is 8.78. The van der Waals surface area contributed by atoms with Gasteiger partial charge in [-0.3, -0.25) is 9.69 Å². The molecule has 2 aliphatic rings. The van der Waals surface area contributed by atoms with E-state index in [0.717, 1.165) is 70.2 Å². The van der Waals surface area contributed by atoms with Gasteiger partial charge in [0, 0.05) is 50.5 Å². The van der Waals surface area contributed by atoms with Crippen molar-refractivity contribution in [3.8, 4) is 16.9 Å². The van der Waals surface area contributed by atoms with Crippen LogP contribution in [0.2, 0.25) is 5.02 Å². The molecule has 3 aromatic rings. The van der Waals surface area contributed by atoms with Crippen molar-refractivity contribution in [2.45, 2.75) is 31.8 Å². The van der Waals surface area contributed by atoms with Gasteiger partial charge in [-0.15, -0.1) is 13.2 Å². The van der Waals surface area contributed by atoms with Gasteiger partial charge in [0.05, 0.1) is 23.8 Å². The molecule has 40 heavy (non-hydrogen) atoms. The second-order valence-electron chi connectivity index (χ2n) is 9.89. The maximum Gasteiger partial charge on any atom is 0.573 e. The SMILES string of the molecule is O=C(NC1CCN(Cc2ccc(N3CCOCC3)nc2)CC1)c1cccc(-c2ccc(OC(F)(F)F)cc2)c1Cl.